The van der Waals surface area contributed by atoms with Crippen LogP contribution >= 0.6 is 0 Å². The van der Waals surface area contributed by atoms with E-state index in [2.05, 4.69) is 40.1 Å². The first-order chi connectivity index (χ1) is 17.2. The van der Waals surface area contributed by atoms with E-state index in [0.29, 0.717) is 12.2 Å². The second-order valence-corrected chi connectivity index (χ2v) is 9.61. The maximum atomic E-state index is 13.3. The summed E-state index contributed by atoms with van der Waals surface area (Å²) in [5, 5.41) is 0. The van der Waals surface area contributed by atoms with Gasteiger partial charge in [0.2, 0.25) is 0 Å². The normalized spacial score (nSPS) is 16.8. The molecule has 3 aromatic carbocycles. The second-order valence-electron chi connectivity index (χ2n) is 9.61. The zero-order valence-electron chi connectivity index (χ0n) is 20.2. The molecule has 0 amide bonds. The van der Waals surface area contributed by atoms with E-state index in [1.165, 1.54) is 37.1 Å². The Morgan fingerprint density at radius 1 is 0.829 bits per heavy atom. The number of ketones is 1. The second kappa shape index (κ2) is 10.9. The quantitative estimate of drug-likeness (QED) is 0.368. The summed E-state index contributed by atoms with van der Waals surface area (Å²) in [4.78, 5) is 17.8. The summed E-state index contributed by atoms with van der Waals surface area (Å²) in [5.41, 5.74) is 4.10. The predicted octanol–water partition coefficient (Wildman–Crippen LogP) is 6.49. The molecule has 35 heavy (non-hydrogen) atoms. The number of anilines is 2. The Kier molecular flexibility index (Phi) is 7.31. The van der Waals surface area contributed by atoms with Crippen molar-refractivity contribution in [3.05, 3.63) is 89.7 Å². The van der Waals surface area contributed by atoms with Crippen molar-refractivity contribution in [2.24, 2.45) is 5.92 Å². The molecule has 2 aliphatic rings. The number of Topliss-reactive ketones (excluding diaryl/α,β-unsaturated/α-hetero) is 1. The van der Waals surface area contributed by atoms with Gasteiger partial charge in [-0.05, 0) is 80.1 Å². The van der Waals surface area contributed by atoms with Gasteiger partial charge in [-0.2, -0.15) is 0 Å². The van der Waals surface area contributed by atoms with Crippen LogP contribution in [0.4, 0.5) is 15.8 Å². The molecule has 5 heteroatoms. The van der Waals surface area contributed by atoms with E-state index in [1.807, 2.05) is 18.2 Å². The molecule has 2 saturated heterocycles. The lowest BCUT2D eigenvalue weighted by atomic mass is 9.88. The Morgan fingerprint density at radius 2 is 1.54 bits per heavy atom. The average molecular weight is 473 g/mol. The van der Waals surface area contributed by atoms with Crippen LogP contribution < -0.4 is 14.5 Å². The van der Waals surface area contributed by atoms with Crippen molar-refractivity contribution < 1.29 is 13.9 Å². The molecule has 2 heterocycles. The molecule has 0 N–H and O–H groups in total. The van der Waals surface area contributed by atoms with Gasteiger partial charge >= 0.3 is 0 Å². The van der Waals surface area contributed by atoms with E-state index in [4.69, 9.17) is 4.74 Å². The van der Waals surface area contributed by atoms with Crippen LogP contribution in [0.1, 0.15) is 48.0 Å². The smallest absolute Gasteiger partial charge is 0.166 e. The largest absolute Gasteiger partial charge is 0.487 e. The number of carbonyl (C=O) groups is 1. The number of hydrogen-bond donors (Lipinski definition) is 0. The van der Waals surface area contributed by atoms with Crippen molar-refractivity contribution in [2.45, 2.75) is 38.7 Å². The zero-order valence-corrected chi connectivity index (χ0v) is 20.2. The van der Waals surface area contributed by atoms with E-state index in [9.17, 15) is 9.18 Å². The summed E-state index contributed by atoms with van der Waals surface area (Å²) < 4.78 is 19.6. The first-order valence-corrected chi connectivity index (χ1v) is 12.8. The lowest BCUT2D eigenvalue weighted by Gasteiger charge is -2.35. The minimum Gasteiger partial charge on any atom is -0.487 e. The Morgan fingerprint density at radius 3 is 2.26 bits per heavy atom. The van der Waals surface area contributed by atoms with E-state index < -0.39 is 0 Å². The number of halogens is 1. The predicted molar refractivity (Wildman–Crippen MR) is 139 cm³/mol. The minimum atomic E-state index is -0.312. The third-order valence-corrected chi connectivity index (χ3v) is 7.24. The molecule has 5 rings (SSSR count). The number of carbonyl (C=O) groups excluding carboxylic acids is 1. The molecule has 0 spiro atoms. The van der Waals surface area contributed by atoms with Gasteiger partial charge in [0.05, 0.1) is 5.69 Å². The summed E-state index contributed by atoms with van der Waals surface area (Å²) >= 11 is 0. The lowest BCUT2D eigenvalue weighted by Crippen LogP contribution is -2.37. The SMILES string of the molecule is O=C(c1ccc(F)cc1)C1CCN(c2cc(N3CCCCC3)ccc2OCc2ccccc2)CC1. The molecule has 0 saturated carbocycles. The van der Waals surface area contributed by atoms with Crippen LogP contribution in [0.3, 0.4) is 0 Å². The van der Waals surface area contributed by atoms with Crippen molar-refractivity contribution >= 4 is 17.2 Å². The molecule has 4 nitrogen and oxygen atoms in total. The fourth-order valence-electron chi connectivity index (χ4n) is 5.19. The fraction of sp³-hybridized carbons (Fsp3) is 0.367. The molecule has 0 unspecified atom stereocenters. The van der Waals surface area contributed by atoms with E-state index in [1.54, 1.807) is 12.1 Å². The van der Waals surface area contributed by atoms with Crippen LogP contribution in [0, 0.1) is 11.7 Å². The highest BCUT2D eigenvalue weighted by atomic mass is 19.1. The Balaban J connectivity index is 1.32. The summed E-state index contributed by atoms with van der Waals surface area (Å²) in [6.07, 6.45) is 5.33. The molecular weight excluding hydrogens is 439 g/mol. The van der Waals surface area contributed by atoms with Crippen LogP contribution in [0.2, 0.25) is 0 Å². The topological polar surface area (TPSA) is 32.8 Å². The highest BCUT2D eigenvalue weighted by Gasteiger charge is 2.28. The van der Waals surface area contributed by atoms with Gasteiger partial charge < -0.3 is 14.5 Å². The number of nitrogens with zero attached hydrogens (tertiary/aromatic N) is 2. The van der Waals surface area contributed by atoms with Gasteiger partial charge in [-0.25, -0.2) is 4.39 Å². The summed E-state index contributed by atoms with van der Waals surface area (Å²) in [6.45, 7) is 4.30. The lowest BCUT2D eigenvalue weighted by molar-refractivity contribution is 0.0900. The third kappa shape index (κ3) is 5.67. The number of rotatable bonds is 7. The minimum absolute atomic E-state index is 0.0318. The van der Waals surface area contributed by atoms with Crippen LogP contribution in [0.5, 0.6) is 5.75 Å². The van der Waals surface area contributed by atoms with Crippen molar-refractivity contribution in [1.29, 1.82) is 0 Å². The van der Waals surface area contributed by atoms with Crippen molar-refractivity contribution in [3.63, 3.8) is 0 Å². The summed E-state index contributed by atoms with van der Waals surface area (Å²) in [7, 11) is 0. The molecular formula is C30H33FN2O2. The molecule has 3 aromatic rings. The Bertz CT molecular complexity index is 1120. The Labute approximate surface area is 207 Å². The first-order valence-electron chi connectivity index (χ1n) is 12.8. The number of hydrogen-bond acceptors (Lipinski definition) is 4. The van der Waals surface area contributed by atoms with Gasteiger partial charge in [0, 0.05) is 43.3 Å². The van der Waals surface area contributed by atoms with Gasteiger partial charge in [0.15, 0.2) is 5.78 Å². The van der Waals surface area contributed by atoms with E-state index in [0.717, 1.165) is 56.0 Å². The van der Waals surface area contributed by atoms with Crippen LogP contribution in [-0.2, 0) is 6.61 Å². The number of piperidine rings is 2. The van der Waals surface area contributed by atoms with Crippen LogP contribution in [0.25, 0.3) is 0 Å². The van der Waals surface area contributed by atoms with Crippen molar-refractivity contribution in [3.8, 4) is 5.75 Å². The van der Waals surface area contributed by atoms with Crippen LogP contribution in [-0.4, -0.2) is 32.0 Å². The average Bonchev–Trinajstić information content (AvgIpc) is 2.93. The maximum absolute atomic E-state index is 13.3. The molecule has 0 atom stereocenters. The van der Waals surface area contributed by atoms with Gasteiger partial charge in [-0.1, -0.05) is 30.3 Å². The number of ether oxygens (including phenoxy) is 1. The molecule has 0 aromatic heterocycles. The van der Waals surface area contributed by atoms with E-state index in [-0.39, 0.29) is 17.5 Å². The monoisotopic (exact) mass is 472 g/mol. The zero-order chi connectivity index (χ0) is 24.0. The third-order valence-electron chi connectivity index (χ3n) is 7.24. The van der Waals surface area contributed by atoms with Gasteiger partial charge in [-0.3, -0.25) is 4.79 Å². The van der Waals surface area contributed by atoms with Crippen molar-refractivity contribution in [2.75, 3.05) is 36.0 Å². The van der Waals surface area contributed by atoms with Gasteiger partial charge in [0.25, 0.3) is 0 Å². The molecule has 2 aliphatic heterocycles. The molecule has 0 radical (unpaired) electrons. The molecule has 2 fully saturated rings. The first kappa shape index (κ1) is 23.4. The Hall–Kier alpha value is -3.34. The van der Waals surface area contributed by atoms with Crippen LogP contribution in [0.15, 0.2) is 72.8 Å². The highest BCUT2D eigenvalue weighted by Crippen LogP contribution is 2.37. The highest BCUT2D eigenvalue weighted by molar-refractivity contribution is 5.98. The standard InChI is InChI=1S/C30H33FN2O2/c31-26-11-9-24(10-12-26)30(34)25-15-19-33(20-16-25)28-21-27(32-17-5-2-6-18-32)13-14-29(28)35-22-23-7-3-1-4-8-23/h1,3-4,7-14,21,25H,2,5-6,15-20,22H2. The fourth-order valence-corrected chi connectivity index (χ4v) is 5.19. The van der Waals surface area contributed by atoms with Crippen molar-refractivity contribution in [1.82, 2.24) is 0 Å². The van der Waals surface area contributed by atoms with E-state index >= 15 is 0 Å². The molecule has 0 bridgehead atoms. The number of benzene rings is 3. The molecule has 0 aliphatic carbocycles. The maximum Gasteiger partial charge on any atom is 0.166 e. The van der Waals surface area contributed by atoms with Gasteiger partial charge in [-0.15, -0.1) is 0 Å². The summed E-state index contributed by atoms with van der Waals surface area (Å²) in [6, 6.07) is 22.7. The van der Waals surface area contributed by atoms with Gasteiger partial charge in [0.1, 0.15) is 18.2 Å². The summed E-state index contributed by atoms with van der Waals surface area (Å²) in [5.74, 6) is 0.661. The molecule has 182 valence electrons.